The lowest BCUT2D eigenvalue weighted by Crippen LogP contribution is -2.39. The SMILES string of the molecule is C[C@@H]1C(=O)O[C@]2(c3ccc(Br)cc3)[C@H](C)C(=O)O[C@@H]12. The van der Waals surface area contributed by atoms with E-state index in [1.807, 2.05) is 24.3 Å². The summed E-state index contributed by atoms with van der Waals surface area (Å²) in [4.78, 5) is 23.7. The molecular weight excluding hydrogens is 312 g/mol. The average molecular weight is 325 g/mol. The summed E-state index contributed by atoms with van der Waals surface area (Å²) in [6.07, 6.45) is -0.538. The first kappa shape index (κ1) is 12.7. The van der Waals surface area contributed by atoms with Crippen molar-refractivity contribution in [3.8, 4) is 0 Å². The molecule has 0 bridgehead atoms. The molecule has 0 saturated carbocycles. The third-order valence-electron chi connectivity index (χ3n) is 4.05. The van der Waals surface area contributed by atoms with E-state index < -0.39 is 23.5 Å². The second-order valence-electron chi connectivity index (χ2n) is 5.09. The van der Waals surface area contributed by atoms with Crippen LogP contribution in [0.3, 0.4) is 0 Å². The second-order valence-corrected chi connectivity index (χ2v) is 6.00. The van der Waals surface area contributed by atoms with E-state index in [1.54, 1.807) is 13.8 Å². The Morgan fingerprint density at radius 1 is 1.11 bits per heavy atom. The Morgan fingerprint density at radius 3 is 2.37 bits per heavy atom. The fourth-order valence-corrected chi connectivity index (χ4v) is 3.19. The molecule has 0 aliphatic carbocycles. The Kier molecular flexibility index (Phi) is 2.71. The highest BCUT2D eigenvalue weighted by Crippen LogP contribution is 2.51. The summed E-state index contributed by atoms with van der Waals surface area (Å²) in [5, 5.41) is 0. The third kappa shape index (κ3) is 1.57. The van der Waals surface area contributed by atoms with Crippen molar-refractivity contribution in [3.63, 3.8) is 0 Å². The summed E-state index contributed by atoms with van der Waals surface area (Å²) in [5.41, 5.74) is -0.175. The summed E-state index contributed by atoms with van der Waals surface area (Å²) in [6.45, 7) is 3.48. The molecule has 2 aliphatic heterocycles. The maximum absolute atomic E-state index is 11.9. The molecule has 2 aliphatic rings. The minimum atomic E-state index is -0.978. The highest BCUT2D eigenvalue weighted by Gasteiger charge is 2.66. The molecule has 4 nitrogen and oxygen atoms in total. The van der Waals surface area contributed by atoms with Crippen LogP contribution in [-0.4, -0.2) is 18.0 Å². The lowest BCUT2D eigenvalue weighted by Gasteiger charge is -2.29. The van der Waals surface area contributed by atoms with Crippen LogP contribution in [0.15, 0.2) is 28.7 Å². The van der Waals surface area contributed by atoms with E-state index in [-0.39, 0.29) is 11.9 Å². The van der Waals surface area contributed by atoms with Crippen LogP contribution in [0.2, 0.25) is 0 Å². The van der Waals surface area contributed by atoms with Gasteiger partial charge in [0.1, 0.15) is 5.92 Å². The molecule has 2 saturated heterocycles. The number of esters is 2. The first-order valence-electron chi connectivity index (χ1n) is 6.16. The highest BCUT2D eigenvalue weighted by molar-refractivity contribution is 9.10. The number of rotatable bonds is 1. The summed E-state index contributed by atoms with van der Waals surface area (Å²) in [5.74, 6) is -1.55. The molecule has 2 fully saturated rings. The van der Waals surface area contributed by atoms with Crippen LogP contribution in [0.25, 0.3) is 0 Å². The standard InChI is InChI=1S/C14H13BrO4/c1-7-11-14(19-12(7)16,8(2)13(17)18-11)9-3-5-10(15)6-4-9/h3-8,11H,1-2H3/t7-,8+,11-,14-/m0/s1. The smallest absolute Gasteiger partial charge is 0.313 e. The van der Waals surface area contributed by atoms with Crippen molar-refractivity contribution in [3.05, 3.63) is 34.3 Å². The van der Waals surface area contributed by atoms with Crippen molar-refractivity contribution in [2.45, 2.75) is 25.6 Å². The zero-order chi connectivity index (χ0) is 13.8. The van der Waals surface area contributed by atoms with Gasteiger partial charge in [0.2, 0.25) is 0 Å². The molecule has 0 radical (unpaired) electrons. The molecular formula is C14H13BrO4. The Bertz CT molecular complexity index is 551. The topological polar surface area (TPSA) is 52.6 Å². The van der Waals surface area contributed by atoms with Gasteiger partial charge in [-0.05, 0) is 26.0 Å². The minimum Gasteiger partial charge on any atom is -0.456 e. The van der Waals surface area contributed by atoms with Crippen molar-refractivity contribution >= 4 is 27.9 Å². The molecule has 100 valence electrons. The van der Waals surface area contributed by atoms with Gasteiger partial charge in [-0.1, -0.05) is 28.1 Å². The summed E-state index contributed by atoms with van der Waals surface area (Å²) in [7, 11) is 0. The van der Waals surface area contributed by atoms with Crippen molar-refractivity contribution in [2.24, 2.45) is 11.8 Å². The molecule has 0 unspecified atom stereocenters. The number of fused-ring (bicyclic) bond motifs is 1. The Morgan fingerprint density at radius 2 is 1.74 bits per heavy atom. The number of carbonyl (C=O) groups excluding carboxylic acids is 2. The predicted molar refractivity (Wildman–Crippen MR) is 70.1 cm³/mol. The van der Waals surface area contributed by atoms with E-state index in [0.717, 1.165) is 10.0 Å². The van der Waals surface area contributed by atoms with E-state index in [0.29, 0.717) is 0 Å². The van der Waals surface area contributed by atoms with Gasteiger partial charge in [-0.15, -0.1) is 0 Å². The van der Waals surface area contributed by atoms with Gasteiger partial charge in [-0.3, -0.25) is 9.59 Å². The number of hydrogen-bond acceptors (Lipinski definition) is 4. The summed E-state index contributed by atoms with van der Waals surface area (Å²) in [6, 6.07) is 7.46. The molecule has 0 amide bonds. The zero-order valence-corrected chi connectivity index (χ0v) is 12.1. The van der Waals surface area contributed by atoms with Gasteiger partial charge in [-0.2, -0.15) is 0 Å². The Labute approximate surface area is 119 Å². The van der Waals surface area contributed by atoms with Crippen molar-refractivity contribution in [2.75, 3.05) is 0 Å². The minimum absolute atomic E-state index is 0.313. The van der Waals surface area contributed by atoms with Crippen LogP contribution in [0, 0.1) is 11.8 Å². The summed E-state index contributed by atoms with van der Waals surface area (Å²) >= 11 is 3.37. The molecule has 0 spiro atoms. The molecule has 2 heterocycles. The largest absolute Gasteiger partial charge is 0.456 e. The fraction of sp³-hybridized carbons (Fsp3) is 0.429. The number of carbonyl (C=O) groups is 2. The first-order valence-corrected chi connectivity index (χ1v) is 6.95. The first-order chi connectivity index (χ1) is 8.96. The number of hydrogen-bond donors (Lipinski definition) is 0. The Hall–Kier alpha value is -1.36. The van der Waals surface area contributed by atoms with Crippen LogP contribution in [0.4, 0.5) is 0 Å². The summed E-state index contributed by atoms with van der Waals surface area (Å²) < 4.78 is 11.9. The molecule has 1 aromatic rings. The molecule has 4 atom stereocenters. The van der Waals surface area contributed by atoms with Crippen LogP contribution < -0.4 is 0 Å². The number of benzene rings is 1. The molecule has 1 aromatic carbocycles. The molecule has 19 heavy (non-hydrogen) atoms. The highest BCUT2D eigenvalue weighted by atomic mass is 79.9. The zero-order valence-electron chi connectivity index (χ0n) is 10.6. The molecule has 0 N–H and O–H groups in total. The van der Waals surface area contributed by atoms with E-state index >= 15 is 0 Å². The van der Waals surface area contributed by atoms with Crippen LogP contribution >= 0.6 is 15.9 Å². The quantitative estimate of drug-likeness (QED) is 0.744. The van der Waals surface area contributed by atoms with Gasteiger partial charge >= 0.3 is 11.9 Å². The predicted octanol–water partition coefficient (Wildman–Crippen LogP) is 2.40. The van der Waals surface area contributed by atoms with Gasteiger partial charge < -0.3 is 9.47 Å². The Balaban J connectivity index is 2.15. The van der Waals surface area contributed by atoms with Crippen molar-refractivity contribution in [1.29, 1.82) is 0 Å². The van der Waals surface area contributed by atoms with Crippen LogP contribution in [0.5, 0.6) is 0 Å². The maximum Gasteiger partial charge on any atom is 0.313 e. The fourth-order valence-electron chi connectivity index (χ4n) is 2.92. The van der Waals surface area contributed by atoms with Crippen molar-refractivity contribution < 1.29 is 19.1 Å². The van der Waals surface area contributed by atoms with Gasteiger partial charge in [0.25, 0.3) is 0 Å². The second kappa shape index (κ2) is 4.07. The van der Waals surface area contributed by atoms with E-state index in [4.69, 9.17) is 9.47 Å². The molecule has 3 rings (SSSR count). The average Bonchev–Trinajstić information content (AvgIpc) is 2.78. The maximum atomic E-state index is 11.9. The van der Waals surface area contributed by atoms with Crippen LogP contribution in [-0.2, 0) is 24.7 Å². The van der Waals surface area contributed by atoms with Gasteiger partial charge in [0, 0.05) is 10.0 Å². The molecule has 5 heteroatoms. The van der Waals surface area contributed by atoms with E-state index in [1.165, 1.54) is 0 Å². The molecule has 0 aromatic heterocycles. The lowest BCUT2D eigenvalue weighted by atomic mass is 9.78. The monoisotopic (exact) mass is 324 g/mol. The van der Waals surface area contributed by atoms with Crippen molar-refractivity contribution in [1.82, 2.24) is 0 Å². The van der Waals surface area contributed by atoms with Gasteiger partial charge in [-0.25, -0.2) is 0 Å². The van der Waals surface area contributed by atoms with Crippen LogP contribution in [0.1, 0.15) is 19.4 Å². The van der Waals surface area contributed by atoms with Gasteiger partial charge in [0.05, 0.1) is 5.92 Å². The normalized spacial score (nSPS) is 36.9. The number of ether oxygens (including phenoxy) is 2. The van der Waals surface area contributed by atoms with E-state index in [9.17, 15) is 9.59 Å². The number of halogens is 1. The lowest BCUT2D eigenvalue weighted by molar-refractivity contribution is -0.156. The third-order valence-corrected chi connectivity index (χ3v) is 4.58. The van der Waals surface area contributed by atoms with Gasteiger partial charge in [0.15, 0.2) is 11.7 Å². The van der Waals surface area contributed by atoms with E-state index in [2.05, 4.69) is 15.9 Å².